The number of aryl methyl sites for hydroxylation is 1. The largest absolute Gasteiger partial charge is 0.467 e. The maximum absolute atomic E-state index is 5.40. The molecule has 0 fully saturated rings. The van der Waals surface area contributed by atoms with Crippen LogP contribution in [-0.2, 0) is 0 Å². The van der Waals surface area contributed by atoms with Gasteiger partial charge in [0.1, 0.15) is 5.76 Å². The van der Waals surface area contributed by atoms with Gasteiger partial charge in [0.2, 0.25) is 0 Å². The molecule has 1 rings (SSSR count). The summed E-state index contributed by atoms with van der Waals surface area (Å²) < 4.78 is 5.40. The summed E-state index contributed by atoms with van der Waals surface area (Å²) in [6, 6.07) is 2.26. The van der Waals surface area contributed by atoms with Crippen LogP contribution in [0.15, 0.2) is 16.7 Å². The van der Waals surface area contributed by atoms with Gasteiger partial charge in [0.15, 0.2) is 0 Å². The lowest BCUT2D eigenvalue weighted by Gasteiger charge is -2.11. The van der Waals surface area contributed by atoms with E-state index in [1.807, 2.05) is 6.07 Å². The zero-order chi connectivity index (χ0) is 11.1. The van der Waals surface area contributed by atoms with Crippen molar-refractivity contribution in [3.63, 3.8) is 0 Å². The Kier molecular flexibility index (Phi) is 5.38. The normalized spacial score (nSPS) is 12.3. The molecule has 0 aliphatic rings. The molecule has 0 aliphatic heterocycles. The van der Waals surface area contributed by atoms with Gasteiger partial charge >= 0.3 is 0 Å². The van der Waals surface area contributed by atoms with Crippen molar-refractivity contribution in [1.82, 2.24) is 5.32 Å². The number of furan rings is 1. The third-order valence-electron chi connectivity index (χ3n) is 2.18. The van der Waals surface area contributed by atoms with Gasteiger partial charge in [-0.15, -0.1) is 18.2 Å². The van der Waals surface area contributed by atoms with E-state index in [-0.39, 0.29) is 6.04 Å². The van der Waals surface area contributed by atoms with Crippen molar-refractivity contribution in [3.8, 4) is 12.3 Å². The van der Waals surface area contributed by atoms with Crippen LogP contribution in [0.2, 0.25) is 0 Å². The molecule has 0 saturated heterocycles. The van der Waals surface area contributed by atoms with Crippen molar-refractivity contribution < 1.29 is 4.42 Å². The second-order valence-electron chi connectivity index (χ2n) is 3.40. The van der Waals surface area contributed by atoms with Crippen LogP contribution in [0.3, 0.4) is 0 Å². The number of hydrogen-bond acceptors (Lipinski definition) is 3. The number of terminal acetylenes is 1. The Balaban J connectivity index is 2.23. The summed E-state index contributed by atoms with van der Waals surface area (Å²) in [6.45, 7) is 5.12. The van der Waals surface area contributed by atoms with Gasteiger partial charge in [-0.2, -0.15) is 0 Å². The van der Waals surface area contributed by atoms with Crippen molar-refractivity contribution in [3.05, 3.63) is 23.7 Å². The highest BCUT2D eigenvalue weighted by atomic mass is 32.2. The Morgan fingerprint density at radius 1 is 1.67 bits per heavy atom. The molecule has 0 aliphatic carbocycles. The van der Waals surface area contributed by atoms with Gasteiger partial charge in [0.25, 0.3) is 0 Å². The highest BCUT2D eigenvalue weighted by molar-refractivity contribution is 7.99. The molecule has 0 aromatic carbocycles. The average molecular weight is 223 g/mol. The van der Waals surface area contributed by atoms with E-state index >= 15 is 0 Å². The van der Waals surface area contributed by atoms with Crippen molar-refractivity contribution in [2.45, 2.75) is 19.9 Å². The van der Waals surface area contributed by atoms with Gasteiger partial charge < -0.3 is 9.73 Å². The molecule has 1 heterocycles. The molecule has 1 N–H and O–H groups in total. The van der Waals surface area contributed by atoms with Crippen molar-refractivity contribution >= 4 is 11.8 Å². The van der Waals surface area contributed by atoms with Crippen LogP contribution in [0.1, 0.15) is 24.3 Å². The molecule has 0 spiro atoms. The zero-order valence-electron chi connectivity index (χ0n) is 9.25. The third-order valence-corrected chi connectivity index (χ3v) is 3.04. The fourth-order valence-corrected chi connectivity index (χ4v) is 1.92. The van der Waals surface area contributed by atoms with Crippen LogP contribution in [0, 0.1) is 19.3 Å². The first-order chi connectivity index (χ1) is 7.25. The third kappa shape index (κ3) is 4.03. The molecular weight excluding hydrogens is 206 g/mol. The van der Waals surface area contributed by atoms with E-state index < -0.39 is 0 Å². The average Bonchev–Trinajstić information content (AvgIpc) is 2.64. The van der Waals surface area contributed by atoms with Crippen LogP contribution in [0.5, 0.6) is 0 Å². The first kappa shape index (κ1) is 12.2. The second-order valence-corrected chi connectivity index (χ2v) is 4.51. The maximum Gasteiger partial charge on any atom is 0.123 e. The predicted molar refractivity (Wildman–Crippen MR) is 66.0 cm³/mol. The molecule has 2 nitrogen and oxygen atoms in total. The van der Waals surface area contributed by atoms with Gasteiger partial charge in [0, 0.05) is 12.3 Å². The first-order valence-corrected chi connectivity index (χ1v) is 6.19. The second kappa shape index (κ2) is 6.60. The van der Waals surface area contributed by atoms with Crippen LogP contribution in [-0.4, -0.2) is 18.1 Å². The Morgan fingerprint density at radius 2 is 2.47 bits per heavy atom. The molecule has 1 aromatic heterocycles. The van der Waals surface area contributed by atoms with Crippen LogP contribution in [0.25, 0.3) is 0 Å². The molecule has 0 saturated carbocycles. The quantitative estimate of drug-likeness (QED) is 0.593. The van der Waals surface area contributed by atoms with Crippen LogP contribution >= 0.6 is 11.8 Å². The molecule has 1 atom stereocenters. The number of nitrogens with one attached hydrogen (secondary N) is 1. The van der Waals surface area contributed by atoms with Crippen LogP contribution < -0.4 is 5.32 Å². The highest BCUT2D eigenvalue weighted by Crippen LogP contribution is 2.17. The standard InChI is InChI=1S/C12H17NOS/c1-4-8-15-9-6-13-11(3)12-10(2)5-7-14-12/h1,5,7,11,13H,6,8-9H2,2-3H3. The number of hydrogen-bond donors (Lipinski definition) is 1. The zero-order valence-corrected chi connectivity index (χ0v) is 10.1. The Morgan fingerprint density at radius 3 is 3.07 bits per heavy atom. The lowest BCUT2D eigenvalue weighted by molar-refractivity contribution is 0.435. The molecular formula is C12H17NOS. The fourth-order valence-electron chi connectivity index (χ4n) is 1.40. The summed E-state index contributed by atoms with van der Waals surface area (Å²) in [5.41, 5.74) is 1.20. The van der Waals surface area contributed by atoms with E-state index in [4.69, 9.17) is 10.8 Å². The monoisotopic (exact) mass is 223 g/mol. The summed E-state index contributed by atoms with van der Waals surface area (Å²) in [7, 11) is 0. The lowest BCUT2D eigenvalue weighted by atomic mass is 10.2. The minimum Gasteiger partial charge on any atom is -0.467 e. The van der Waals surface area contributed by atoms with E-state index in [1.54, 1.807) is 18.0 Å². The van der Waals surface area contributed by atoms with E-state index in [2.05, 4.69) is 25.1 Å². The van der Waals surface area contributed by atoms with Gasteiger partial charge in [-0.3, -0.25) is 0 Å². The number of thioether (sulfide) groups is 1. The summed E-state index contributed by atoms with van der Waals surface area (Å²) in [5.74, 6) is 5.46. The minimum absolute atomic E-state index is 0.270. The summed E-state index contributed by atoms with van der Waals surface area (Å²) in [6.07, 6.45) is 6.89. The van der Waals surface area contributed by atoms with E-state index in [0.717, 1.165) is 23.8 Å². The van der Waals surface area contributed by atoms with Gasteiger partial charge in [-0.1, -0.05) is 5.92 Å². The van der Waals surface area contributed by atoms with Crippen LogP contribution in [0.4, 0.5) is 0 Å². The molecule has 1 unspecified atom stereocenters. The van der Waals surface area contributed by atoms with Gasteiger partial charge in [0.05, 0.1) is 18.1 Å². The molecule has 1 aromatic rings. The van der Waals surface area contributed by atoms with E-state index in [0.29, 0.717) is 0 Å². The topological polar surface area (TPSA) is 25.2 Å². The lowest BCUT2D eigenvalue weighted by Crippen LogP contribution is -2.21. The molecule has 15 heavy (non-hydrogen) atoms. The smallest absolute Gasteiger partial charge is 0.123 e. The minimum atomic E-state index is 0.270. The molecule has 3 heteroatoms. The molecule has 0 bridgehead atoms. The fraction of sp³-hybridized carbons (Fsp3) is 0.500. The summed E-state index contributed by atoms with van der Waals surface area (Å²) in [5, 5.41) is 3.40. The Hall–Kier alpha value is -0.850. The van der Waals surface area contributed by atoms with E-state index in [9.17, 15) is 0 Å². The number of rotatable bonds is 6. The Bertz CT molecular complexity index is 327. The maximum atomic E-state index is 5.40. The molecule has 82 valence electrons. The van der Waals surface area contributed by atoms with Crippen molar-refractivity contribution in [2.75, 3.05) is 18.1 Å². The van der Waals surface area contributed by atoms with Crippen molar-refractivity contribution in [1.29, 1.82) is 0 Å². The summed E-state index contributed by atoms with van der Waals surface area (Å²) in [4.78, 5) is 0. The van der Waals surface area contributed by atoms with Gasteiger partial charge in [-0.05, 0) is 25.5 Å². The van der Waals surface area contributed by atoms with E-state index in [1.165, 1.54) is 5.56 Å². The SMILES string of the molecule is C#CCSCCNC(C)c1occc1C. The van der Waals surface area contributed by atoms with Gasteiger partial charge in [-0.25, -0.2) is 0 Å². The molecule has 0 radical (unpaired) electrons. The first-order valence-electron chi connectivity index (χ1n) is 5.04. The van der Waals surface area contributed by atoms with Crippen molar-refractivity contribution in [2.24, 2.45) is 0 Å². The summed E-state index contributed by atoms with van der Waals surface area (Å²) >= 11 is 1.77. The highest BCUT2D eigenvalue weighted by Gasteiger charge is 2.10. The Labute approximate surface area is 95.8 Å². The molecule has 0 amide bonds. The predicted octanol–water partition coefficient (Wildman–Crippen LogP) is 2.61.